The number of carbonyl (C=O) groups excluding carboxylic acids is 2. The van der Waals surface area contributed by atoms with Crippen LogP contribution in [0.1, 0.15) is 31.3 Å². The highest BCUT2D eigenvalue weighted by Crippen LogP contribution is 2.22. The summed E-state index contributed by atoms with van der Waals surface area (Å²) in [7, 11) is 0. The van der Waals surface area contributed by atoms with Crippen LogP contribution in [0, 0.1) is 0 Å². The fourth-order valence-corrected chi connectivity index (χ4v) is 3.40. The monoisotopic (exact) mass is 407 g/mol. The van der Waals surface area contributed by atoms with Crippen molar-refractivity contribution in [3.8, 4) is 11.3 Å². The molecule has 0 unspecified atom stereocenters. The van der Waals surface area contributed by atoms with Gasteiger partial charge in [-0.3, -0.25) is 9.78 Å². The number of benzene rings is 1. The van der Waals surface area contributed by atoms with Crippen molar-refractivity contribution in [1.29, 1.82) is 0 Å². The summed E-state index contributed by atoms with van der Waals surface area (Å²) in [6.07, 6.45) is 4.86. The molecule has 156 valence electrons. The second-order valence-corrected chi connectivity index (χ2v) is 8.26. The molecule has 0 N–H and O–H groups in total. The van der Waals surface area contributed by atoms with Gasteiger partial charge in [0.25, 0.3) is 5.91 Å². The molecule has 3 aromatic rings. The van der Waals surface area contributed by atoms with Gasteiger partial charge >= 0.3 is 6.09 Å². The van der Waals surface area contributed by atoms with Gasteiger partial charge < -0.3 is 18.9 Å². The molecule has 8 nitrogen and oxygen atoms in total. The number of aromatic nitrogens is 3. The number of ether oxygens (including phenoxy) is 1. The predicted octanol–water partition coefficient (Wildman–Crippen LogP) is 3.09. The summed E-state index contributed by atoms with van der Waals surface area (Å²) in [6.45, 7) is 7.27. The zero-order valence-electron chi connectivity index (χ0n) is 17.4. The van der Waals surface area contributed by atoms with Gasteiger partial charge in [0.2, 0.25) is 0 Å². The van der Waals surface area contributed by atoms with Gasteiger partial charge in [-0.25, -0.2) is 9.78 Å². The van der Waals surface area contributed by atoms with E-state index in [9.17, 15) is 9.59 Å². The molecule has 0 aliphatic carbocycles. The maximum atomic E-state index is 13.0. The SMILES string of the molecule is CC(C)(C)OC(=O)N1CCN(C(=O)c2cn3ccnc(-c4ccccc4)c3n2)CC1. The van der Waals surface area contributed by atoms with Crippen molar-refractivity contribution in [3.63, 3.8) is 0 Å². The fraction of sp³-hybridized carbons (Fsp3) is 0.364. The summed E-state index contributed by atoms with van der Waals surface area (Å²) in [4.78, 5) is 37.6. The van der Waals surface area contributed by atoms with E-state index in [1.807, 2.05) is 55.5 Å². The Bertz CT molecular complexity index is 1060. The molecule has 1 saturated heterocycles. The van der Waals surface area contributed by atoms with Crippen LogP contribution in [0.5, 0.6) is 0 Å². The highest BCUT2D eigenvalue weighted by Gasteiger charge is 2.29. The topological polar surface area (TPSA) is 80.0 Å². The Kier molecular flexibility index (Phi) is 5.15. The molecule has 0 atom stereocenters. The smallest absolute Gasteiger partial charge is 0.410 e. The number of amides is 2. The third-order valence-electron chi connectivity index (χ3n) is 4.86. The summed E-state index contributed by atoms with van der Waals surface area (Å²) in [5.74, 6) is -0.151. The standard InChI is InChI=1S/C22H25N5O3/c1-22(2,3)30-21(29)26-13-11-25(12-14-26)20(28)17-15-27-10-9-23-18(19(27)24-17)16-7-5-4-6-8-16/h4-10,15H,11-14H2,1-3H3. The lowest BCUT2D eigenvalue weighted by Gasteiger charge is -2.35. The minimum absolute atomic E-state index is 0.151. The molecule has 0 saturated carbocycles. The molecule has 2 amide bonds. The molecule has 4 rings (SSSR count). The Morgan fingerprint density at radius 1 is 1.00 bits per heavy atom. The number of piperazine rings is 1. The average Bonchev–Trinajstić information content (AvgIpc) is 3.17. The molecule has 30 heavy (non-hydrogen) atoms. The van der Waals surface area contributed by atoms with Crippen LogP contribution in [-0.4, -0.2) is 67.9 Å². The molecule has 1 aliphatic heterocycles. The van der Waals surface area contributed by atoms with Crippen LogP contribution < -0.4 is 0 Å². The second kappa shape index (κ2) is 7.78. The van der Waals surface area contributed by atoms with Crippen molar-refractivity contribution >= 4 is 17.6 Å². The molecule has 3 heterocycles. The molecule has 0 radical (unpaired) electrons. The van der Waals surface area contributed by atoms with Gasteiger partial charge in [0.05, 0.1) is 0 Å². The molecule has 8 heteroatoms. The molecular weight excluding hydrogens is 382 g/mol. The van der Waals surface area contributed by atoms with Gasteiger partial charge in [0, 0.05) is 50.3 Å². The molecule has 1 aliphatic rings. The lowest BCUT2D eigenvalue weighted by molar-refractivity contribution is 0.0140. The normalized spacial score (nSPS) is 14.8. The van der Waals surface area contributed by atoms with Crippen LogP contribution in [0.2, 0.25) is 0 Å². The van der Waals surface area contributed by atoms with Crippen molar-refractivity contribution in [2.24, 2.45) is 0 Å². The first-order chi connectivity index (χ1) is 14.3. The Morgan fingerprint density at radius 3 is 2.33 bits per heavy atom. The fourth-order valence-electron chi connectivity index (χ4n) is 3.40. The van der Waals surface area contributed by atoms with E-state index < -0.39 is 5.60 Å². The highest BCUT2D eigenvalue weighted by atomic mass is 16.6. The Morgan fingerprint density at radius 2 is 1.67 bits per heavy atom. The van der Waals surface area contributed by atoms with E-state index in [2.05, 4.69) is 9.97 Å². The lowest BCUT2D eigenvalue weighted by atomic mass is 10.1. The predicted molar refractivity (Wildman–Crippen MR) is 112 cm³/mol. The van der Waals surface area contributed by atoms with Crippen LogP contribution in [0.4, 0.5) is 4.79 Å². The summed E-state index contributed by atoms with van der Waals surface area (Å²) < 4.78 is 7.23. The van der Waals surface area contributed by atoms with E-state index in [0.717, 1.165) is 11.3 Å². The summed E-state index contributed by atoms with van der Waals surface area (Å²) >= 11 is 0. The number of rotatable bonds is 2. The summed E-state index contributed by atoms with van der Waals surface area (Å²) in [5.41, 5.74) is 2.14. The van der Waals surface area contributed by atoms with E-state index in [1.54, 1.807) is 28.4 Å². The second-order valence-electron chi connectivity index (χ2n) is 8.26. The zero-order chi connectivity index (χ0) is 21.3. The van der Waals surface area contributed by atoms with E-state index in [1.165, 1.54) is 0 Å². The average molecular weight is 407 g/mol. The number of hydrogen-bond acceptors (Lipinski definition) is 5. The van der Waals surface area contributed by atoms with Crippen molar-refractivity contribution < 1.29 is 14.3 Å². The van der Waals surface area contributed by atoms with Gasteiger partial charge in [-0.1, -0.05) is 30.3 Å². The quantitative estimate of drug-likeness (QED) is 0.652. The first kappa shape index (κ1) is 19.9. The summed E-state index contributed by atoms with van der Waals surface area (Å²) in [6, 6.07) is 9.77. The van der Waals surface area contributed by atoms with Crippen LogP contribution in [0.15, 0.2) is 48.9 Å². The van der Waals surface area contributed by atoms with Crippen LogP contribution in [0.3, 0.4) is 0 Å². The zero-order valence-corrected chi connectivity index (χ0v) is 17.4. The third kappa shape index (κ3) is 4.12. The van der Waals surface area contributed by atoms with Crippen molar-refractivity contribution in [1.82, 2.24) is 24.2 Å². The van der Waals surface area contributed by atoms with E-state index >= 15 is 0 Å². The van der Waals surface area contributed by atoms with Crippen molar-refractivity contribution in [3.05, 3.63) is 54.6 Å². The van der Waals surface area contributed by atoms with Gasteiger partial charge in [0.1, 0.15) is 17.0 Å². The van der Waals surface area contributed by atoms with E-state index in [4.69, 9.17) is 4.74 Å². The molecule has 1 aromatic carbocycles. The molecule has 0 bridgehead atoms. The number of carbonyl (C=O) groups is 2. The molecular formula is C22H25N5O3. The van der Waals surface area contributed by atoms with E-state index in [0.29, 0.717) is 37.5 Å². The van der Waals surface area contributed by atoms with Crippen LogP contribution in [0.25, 0.3) is 16.9 Å². The summed E-state index contributed by atoms with van der Waals surface area (Å²) in [5, 5.41) is 0. The number of nitrogens with zero attached hydrogens (tertiary/aromatic N) is 5. The molecule has 2 aromatic heterocycles. The largest absolute Gasteiger partial charge is 0.444 e. The minimum atomic E-state index is -0.537. The Balaban J connectivity index is 1.49. The minimum Gasteiger partial charge on any atom is -0.444 e. The van der Waals surface area contributed by atoms with Gasteiger partial charge in [-0.15, -0.1) is 0 Å². The Hall–Kier alpha value is -3.42. The van der Waals surface area contributed by atoms with Crippen LogP contribution in [-0.2, 0) is 4.74 Å². The van der Waals surface area contributed by atoms with Crippen molar-refractivity contribution in [2.45, 2.75) is 26.4 Å². The number of fused-ring (bicyclic) bond motifs is 1. The van der Waals surface area contributed by atoms with Gasteiger partial charge in [-0.2, -0.15) is 0 Å². The maximum Gasteiger partial charge on any atom is 0.410 e. The van der Waals surface area contributed by atoms with Crippen LogP contribution >= 0.6 is 0 Å². The van der Waals surface area contributed by atoms with E-state index in [-0.39, 0.29) is 12.0 Å². The molecule has 1 fully saturated rings. The maximum absolute atomic E-state index is 13.0. The lowest BCUT2D eigenvalue weighted by Crippen LogP contribution is -2.51. The third-order valence-corrected chi connectivity index (χ3v) is 4.86. The van der Waals surface area contributed by atoms with Gasteiger partial charge in [-0.05, 0) is 20.8 Å². The van der Waals surface area contributed by atoms with Crippen molar-refractivity contribution in [2.75, 3.05) is 26.2 Å². The molecule has 0 spiro atoms. The first-order valence-electron chi connectivity index (χ1n) is 9.98. The van der Waals surface area contributed by atoms with Gasteiger partial charge in [0.15, 0.2) is 5.65 Å². The number of imidazole rings is 1. The number of hydrogen-bond donors (Lipinski definition) is 0. The Labute approximate surface area is 175 Å². The highest BCUT2D eigenvalue weighted by molar-refractivity contribution is 5.94. The first-order valence-corrected chi connectivity index (χ1v) is 9.98.